The molecule has 0 radical (unpaired) electrons. The van der Waals surface area contributed by atoms with E-state index in [9.17, 15) is 24.9 Å². The highest BCUT2D eigenvalue weighted by atomic mass is 16.4. The number of fused-ring (bicyclic) bond motifs is 5. The van der Waals surface area contributed by atoms with Gasteiger partial charge in [-0.2, -0.15) is 0 Å². The van der Waals surface area contributed by atoms with Crippen LogP contribution < -0.4 is 0 Å². The summed E-state index contributed by atoms with van der Waals surface area (Å²) in [6.07, 6.45) is 7.93. The molecule has 3 N–H and O–H groups in total. The molecular weight excluding hydrogens is 332 g/mol. The molecule has 5 nitrogen and oxygen atoms in total. The maximum Gasteiger partial charge on any atom is 0.192 e. The Balaban J connectivity index is 1.72. The SMILES string of the molecule is C[C@]12C=CC(=O)C=C1CC[C@@H]1[C@@H]2CC[C@@]2(C)[C@H]1C[C@@H](O)[C@]2(O)C(=O)CO. The molecule has 0 bridgehead atoms. The largest absolute Gasteiger partial charge is 0.390 e. The molecule has 0 unspecified atom stereocenters. The van der Waals surface area contributed by atoms with Gasteiger partial charge in [-0.1, -0.05) is 25.5 Å². The van der Waals surface area contributed by atoms with Crippen molar-refractivity contribution >= 4 is 11.6 Å². The minimum Gasteiger partial charge on any atom is -0.390 e. The van der Waals surface area contributed by atoms with Gasteiger partial charge < -0.3 is 15.3 Å². The quantitative estimate of drug-likeness (QED) is 0.695. The lowest BCUT2D eigenvalue weighted by atomic mass is 9.47. The number of aliphatic hydroxyl groups is 3. The van der Waals surface area contributed by atoms with Gasteiger partial charge >= 0.3 is 0 Å². The van der Waals surface area contributed by atoms with E-state index in [1.807, 2.05) is 13.0 Å². The molecular formula is C21H28O5. The second-order valence-corrected chi connectivity index (χ2v) is 9.16. The van der Waals surface area contributed by atoms with E-state index >= 15 is 0 Å². The Hall–Kier alpha value is -1.30. The van der Waals surface area contributed by atoms with E-state index in [0.717, 1.165) is 19.3 Å². The molecule has 0 amide bonds. The first-order valence-electron chi connectivity index (χ1n) is 9.67. The van der Waals surface area contributed by atoms with Crippen molar-refractivity contribution in [2.45, 2.75) is 57.7 Å². The van der Waals surface area contributed by atoms with Crippen molar-refractivity contribution in [3.8, 4) is 0 Å². The number of hydrogen-bond donors (Lipinski definition) is 3. The Labute approximate surface area is 153 Å². The first-order valence-corrected chi connectivity index (χ1v) is 9.67. The molecule has 3 fully saturated rings. The predicted octanol–water partition coefficient (Wildman–Crippen LogP) is 1.56. The number of rotatable bonds is 2. The lowest BCUT2D eigenvalue weighted by Gasteiger charge is -2.57. The van der Waals surface area contributed by atoms with Gasteiger partial charge in [0, 0.05) is 10.8 Å². The summed E-state index contributed by atoms with van der Waals surface area (Å²) >= 11 is 0. The van der Waals surface area contributed by atoms with Crippen LogP contribution in [0.2, 0.25) is 0 Å². The van der Waals surface area contributed by atoms with Crippen molar-refractivity contribution < 1.29 is 24.9 Å². The van der Waals surface area contributed by atoms with Crippen LogP contribution in [-0.4, -0.2) is 45.2 Å². The maximum atomic E-state index is 12.4. The van der Waals surface area contributed by atoms with Crippen LogP contribution in [0.3, 0.4) is 0 Å². The Morgan fingerprint density at radius 1 is 1.27 bits per heavy atom. The summed E-state index contributed by atoms with van der Waals surface area (Å²) in [6, 6.07) is 0. The van der Waals surface area contributed by atoms with Gasteiger partial charge in [-0.15, -0.1) is 0 Å². The molecule has 4 rings (SSSR count). The molecule has 4 aliphatic rings. The summed E-state index contributed by atoms with van der Waals surface area (Å²) in [6.45, 7) is 3.35. The zero-order valence-electron chi connectivity index (χ0n) is 15.4. The molecule has 0 aromatic rings. The Kier molecular flexibility index (Phi) is 3.89. The maximum absolute atomic E-state index is 12.4. The molecule has 0 aromatic carbocycles. The van der Waals surface area contributed by atoms with E-state index in [4.69, 9.17) is 0 Å². The molecule has 3 saturated carbocycles. The van der Waals surface area contributed by atoms with Crippen molar-refractivity contribution in [3.63, 3.8) is 0 Å². The fraction of sp³-hybridized carbons (Fsp3) is 0.714. The summed E-state index contributed by atoms with van der Waals surface area (Å²) < 4.78 is 0. The van der Waals surface area contributed by atoms with Gasteiger partial charge in [0.2, 0.25) is 0 Å². The highest BCUT2D eigenvalue weighted by Gasteiger charge is 2.69. The highest BCUT2D eigenvalue weighted by Crippen LogP contribution is 2.67. The fourth-order valence-corrected chi connectivity index (χ4v) is 6.84. The van der Waals surface area contributed by atoms with Crippen LogP contribution in [0.4, 0.5) is 0 Å². The molecule has 4 aliphatic carbocycles. The first kappa shape index (κ1) is 18.1. The van der Waals surface area contributed by atoms with E-state index in [-0.39, 0.29) is 23.0 Å². The standard InChI is InChI=1S/C21H28O5/c1-19-7-5-13(23)9-12(19)3-4-14-15(19)6-8-20(2)16(14)10-17(24)21(20,26)18(25)11-22/h5,7,9,14-17,22,24,26H,3-4,6,8,10-11H2,1-2H3/t14-,15+,16+,17-,19+,20+,21+/m1/s1. The molecule has 0 aromatic heterocycles. The number of carbonyl (C=O) groups excluding carboxylic acids is 2. The van der Waals surface area contributed by atoms with Gasteiger partial charge in [-0.3, -0.25) is 9.59 Å². The number of ketones is 2. The third kappa shape index (κ3) is 2.02. The molecule has 0 spiro atoms. The Morgan fingerprint density at radius 3 is 2.69 bits per heavy atom. The topological polar surface area (TPSA) is 94.8 Å². The van der Waals surface area contributed by atoms with Gasteiger partial charge in [0.05, 0.1) is 6.10 Å². The predicted molar refractivity (Wildman–Crippen MR) is 95.0 cm³/mol. The van der Waals surface area contributed by atoms with Crippen LogP contribution >= 0.6 is 0 Å². The molecule has 26 heavy (non-hydrogen) atoms. The average Bonchev–Trinajstić information content (AvgIpc) is 2.83. The molecule has 0 heterocycles. The minimum atomic E-state index is -1.87. The van der Waals surface area contributed by atoms with Crippen molar-refractivity contribution in [2.75, 3.05) is 6.61 Å². The number of carbonyl (C=O) groups is 2. The van der Waals surface area contributed by atoms with E-state index in [2.05, 4.69) is 6.92 Å². The Bertz CT molecular complexity index is 724. The zero-order valence-corrected chi connectivity index (χ0v) is 15.4. The van der Waals surface area contributed by atoms with E-state index in [0.29, 0.717) is 18.8 Å². The zero-order chi connectivity index (χ0) is 18.9. The third-order valence-corrected chi connectivity index (χ3v) is 8.35. The summed E-state index contributed by atoms with van der Waals surface area (Å²) in [5.41, 5.74) is -1.56. The fourth-order valence-electron chi connectivity index (χ4n) is 6.84. The van der Waals surface area contributed by atoms with Crippen LogP contribution in [0.25, 0.3) is 0 Å². The minimum absolute atomic E-state index is 0.0288. The smallest absolute Gasteiger partial charge is 0.192 e. The number of aliphatic hydroxyl groups excluding tert-OH is 2. The molecule has 0 saturated heterocycles. The summed E-state index contributed by atoms with van der Waals surface area (Å²) in [7, 11) is 0. The third-order valence-electron chi connectivity index (χ3n) is 8.35. The van der Waals surface area contributed by atoms with Crippen molar-refractivity contribution in [2.24, 2.45) is 28.6 Å². The van der Waals surface area contributed by atoms with Gasteiger partial charge in [0.25, 0.3) is 0 Å². The summed E-state index contributed by atoms with van der Waals surface area (Å²) in [5, 5.41) is 31.2. The normalized spacial score (nSPS) is 49.9. The highest BCUT2D eigenvalue weighted by molar-refractivity contribution is 6.01. The van der Waals surface area contributed by atoms with Gasteiger partial charge in [0.1, 0.15) is 6.61 Å². The van der Waals surface area contributed by atoms with Crippen molar-refractivity contribution in [1.82, 2.24) is 0 Å². The second kappa shape index (κ2) is 5.60. The summed E-state index contributed by atoms with van der Waals surface area (Å²) in [4.78, 5) is 24.2. The molecule has 5 heteroatoms. The van der Waals surface area contributed by atoms with E-state index in [1.165, 1.54) is 5.57 Å². The van der Waals surface area contributed by atoms with Crippen LogP contribution in [0.1, 0.15) is 46.0 Å². The van der Waals surface area contributed by atoms with Crippen molar-refractivity contribution in [1.29, 1.82) is 0 Å². The van der Waals surface area contributed by atoms with E-state index in [1.54, 1.807) is 12.2 Å². The van der Waals surface area contributed by atoms with Crippen LogP contribution in [-0.2, 0) is 9.59 Å². The lowest BCUT2D eigenvalue weighted by Crippen LogP contribution is -2.61. The Morgan fingerprint density at radius 2 is 2.00 bits per heavy atom. The number of Topliss-reactive ketones (excluding diaryl/α,β-unsaturated/α-hetero) is 1. The summed E-state index contributed by atoms with van der Waals surface area (Å²) in [5.74, 6) is 0.0313. The molecule has 142 valence electrons. The first-order chi connectivity index (χ1) is 12.2. The number of allylic oxidation sites excluding steroid dienone is 4. The van der Waals surface area contributed by atoms with Crippen LogP contribution in [0.5, 0.6) is 0 Å². The van der Waals surface area contributed by atoms with Crippen LogP contribution in [0.15, 0.2) is 23.8 Å². The average molecular weight is 360 g/mol. The van der Waals surface area contributed by atoms with Crippen LogP contribution in [0, 0.1) is 28.6 Å². The molecule has 7 atom stereocenters. The number of hydrogen-bond acceptors (Lipinski definition) is 5. The monoisotopic (exact) mass is 360 g/mol. The van der Waals surface area contributed by atoms with Gasteiger partial charge in [-0.05, 0) is 62.0 Å². The molecule has 0 aliphatic heterocycles. The van der Waals surface area contributed by atoms with Gasteiger partial charge in [-0.25, -0.2) is 0 Å². The lowest BCUT2D eigenvalue weighted by molar-refractivity contribution is -0.177. The van der Waals surface area contributed by atoms with Crippen molar-refractivity contribution in [3.05, 3.63) is 23.8 Å². The van der Waals surface area contributed by atoms with E-state index < -0.39 is 29.5 Å². The van der Waals surface area contributed by atoms with Gasteiger partial charge in [0.15, 0.2) is 17.2 Å². The second-order valence-electron chi connectivity index (χ2n) is 9.16.